The molecule has 3 nitrogen and oxygen atoms in total. The van der Waals surface area contributed by atoms with Crippen LogP contribution >= 0.6 is 11.3 Å². The first kappa shape index (κ1) is 14.1. The van der Waals surface area contributed by atoms with E-state index in [1.165, 1.54) is 18.4 Å². The first-order valence-corrected chi connectivity index (χ1v) is 10.7. The normalized spacial score (nSPS) is 11.8. The summed E-state index contributed by atoms with van der Waals surface area (Å²) in [5.74, 6) is -0.444. The molecule has 0 bridgehead atoms. The molecule has 102 valence electrons. The minimum absolute atomic E-state index is 0.0381. The fourth-order valence-electron chi connectivity index (χ4n) is 2.17. The monoisotopic (exact) mass is 294 g/mol. The second-order valence-electron chi connectivity index (χ2n) is 5.82. The second kappa shape index (κ2) is 4.98. The van der Waals surface area contributed by atoms with E-state index in [4.69, 9.17) is 4.74 Å². The third kappa shape index (κ3) is 2.82. The predicted molar refractivity (Wildman–Crippen MR) is 81.9 cm³/mol. The molecule has 0 amide bonds. The van der Waals surface area contributed by atoms with Gasteiger partial charge in [-0.25, -0.2) is 4.79 Å². The van der Waals surface area contributed by atoms with E-state index in [0.717, 1.165) is 21.7 Å². The third-order valence-corrected chi connectivity index (χ3v) is 5.29. The van der Waals surface area contributed by atoms with E-state index < -0.39 is 14.0 Å². The van der Waals surface area contributed by atoms with Crippen molar-refractivity contribution >= 4 is 35.5 Å². The van der Waals surface area contributed by atoms with Crippen LogP contribution in [0.15, 0.2) is 17.5 Å². The zero-order valence-electron chi connectivity index (χ0n) is 11.6. The Morgan fingerprint density at radius 2 is 2.11 bits per heavy atom. The van der Waals surface area contributed by atoms with Gasteiger partial charge in [-0.2, -0.15) is 0 Å². The zero-order valence-corrected chi connectivity index (χ0v) is 13.4. The number of phenolic OH excluding ortho intramolecular Hbond substituents is 1. The summed E-state index contributed by atoms with van der Waals surface area (Å²) in [4.78, 5) is 11.8. The summed E-state index contributed by atoms with van der Waals surface area (Å²) in [6, 6.07) is 4.77. The van der Waals surface area contributed by atoms with Crippen LogP contribution in [-0.4, -0.2) is 26.3 Å². The maximum atomic E-state index is 11.8. The van der Waals surface area contributed by atoms with Crippen LogP contribution in [0.3, 0.4) is 0 Å². The summed E-state index contributed by atoms with van der Waals surface area (Å²) in [6.45, 7) is 6.86. The zero-order chi connectivity index (χ0) is 14.2. The molecule has 0 aliphatic heterocycles. The molecule has 1 N–H and O–H groups in total. The number of rotatable bonds is 3. The molecule has 0 spiro atoms. The van der Waals surface area contributed by atoms with Gasteiger partial charge >= 0.3 is 5.97 Å². The van der Waals surface area contributed by atoms with Gasteiger partial charge in [0.2, 0.25) is 0 Å². The molecule has 0 fully saturated rings. The van der Waals surface area contributed by atoms with Gasteiger partial charge in [-0.15, -0.1) is 11.3 Å². The molecule has 1 aromatic carbocycles. The molecular formula is C14H18O3SSi. The van der Waals surface area contributed by atoms with E-state index in [1.807, 2.05) is 11.4 Å². The number of phenols is 1. The van der Waals surface area contributed by atoms with E-state index >= 15 is 0 Å². The van der Waals surface area contributed by atoms with Crippen molar-refractivity contribution in [2.75, 3.05) is 7.11 Å². The van der Waals surface area contributed by atoms with Gasteiger partial charge in [-0.3, -0.25) is 0 Å². The van der Waals surface area contributed by atoms with Gasteiger partial charge in [0.05, 0.1) is 11.8 Å². The molecule has 0 saturated heterocycles. The van der Waals surface area contributed by atoms with Crippen LogP contribution in [0.2, 0.25) is 19.6 Å². The quantitative estimate of drug-likeness (QED) is 0.691. The van der Waals surface area contributed by atoms with Crippen molar-refractivity contribution in [3.63, 3.8) is 0 Å². The van der Waals surface area contributed by atoms with Crippen molar-refractivity contribution in [3.05, 3.63) is 28.6 Å². The van der Waals surface area contributed by atoms with Crippen LogP contribution < -0.4 is 0 Å². The number of thiophene rings is 1. The summed E-state index contributed by atoms with van der Waals surface area (Å²) in [5, 5.41) is 13.2. The van der Waals surface area contributed by atoms with Gasteiger partial charge < -0.3 is 9.84 Å². The molecular weight excluding hydrogens is 276 g/mol. The standard InChI is InChI=1S/C14H18O3SSi/c1-17-14(16)11-7-9(8-19(2,3)4)10-5-6-18-13(10)12(11)15/h5-7,15H,8H2,1-4H3. The highest BCUT2D eigenvalue weighted by Crippen LogP contribution is 2.37. The van der Waals surface area contributed by atoms with Crippen molar-refractivity contribution in [2.24, 2.45) is 0 Å². The Labute approximate surface area is 117 Å². The number of carbonyl (C=O) groups excluding carboxylic acids is 1. The van der Waals surface area contributed by atoms with Crippen LogP contribution in [0, 0.1) is 0 Å². The Hall–Kier alpha value is -1.33. The number of hydrogen-bond acceptors (Lipinski definition) is 4. The average molecular weight is 294 g/mol. The lowest BCUT2D eigenvalue weighted by Gasteiger charge is -2.17. The molecule has 0 radical (unpaired) electrons. The molecule has 19 heavy (non-hydrogen) atoms. The summed E-state index contributed by atoms with van der Waals surface area (Å²) in [7, 11) is 0.0289. The van der Waals surface area contributed by atoms with Gasteiger partial charge in [0.25, 0.3) is 0 Å². The lowest BCUT2D eigenvalue weighted by Crippen LogP contribution is -2.24. The van der Waals surface area contributed by atoms with Gasteiger partial charge in [-0.05, 0) is 34.5 Å². The van der Waals surface area contributed by atoms with Crippen LogP contribution in [0.1, 0.15) is 15.9 Å². The van der Waals surface area contributed by atoms with E-state index in [0.29, 0.717) is 0 Å². The number of methoxy groups -OCH3 is 1. The van der Waals surface area contributed by atoms with Gasteiger partial charge in [0, 0.05) is 8.07 Å². The molecule has 0 unspecified atom stereocenters. The second-order valence-corrected chi connectivity index (χ2v) is 12.2. The molecule has 2 aromatic rings. The van der Waals surface area contributed by atoms with Crippen LogP contribution in [0.4, 0.5) is 0 Å². The third-order valence-electron chi connectivity index (χ3n) is 2.93. The fourth-order valence-corrected chi connectivity index (χ4v) is 4.49. The predicted octanol–water partition coefficient (Wildman–Crippen LogP) is 3.81. The molecule has 0 saturated carbocycles. The van der Waals surface area contributed by atoms with Gasteiger partial charge in [-0.1, -0.05) is 19.6 Å². The number of carbonyl (C=O) groups is 1. The fraction of sp³-hybridized carbons (Fsp3) is 0.357. The van der Waals surface area contributed by atoms with E-state index in [2.05, 4.69) is 19.6 Å². The first-order valence-electron chi connectivity index (χ1n) is 6.14. The van der Waals surface area contributed by atoms with Gasteiger partial charge in [0.1, 0.15) is 11.3 Å². The minimum Gasteiger partial charge on any atom is -0.506 e. The summed E-state index contributed by atoms with van der Waals surface area (Å²) in [6.07, 6.45) is 0. The van der Waals surface area contributed by atoms with Crippen LogP contribution in [0.5, 0.6) is 5.75 Å². The lowest BCUT2D eigenvalue weighted by atomic mass is 10.1. The van der Waals surface area contributed by atoms with Gasteiger partial charge in [0.15, 0.2) is 0 Å². The van der Waals surface area contributed by atoms with Crippen molar-refractivity contribution in [3.8, 4) is 5.75 Å². The molecule has 0 aliphatic rings. The number of esters is 1. The average Bonchev–Trinajstić information content (AvgIpc) is 2.80. The van der Waals surface area contributed by atoms with Crippen LogP contribution in [-0.2, 0) is 10.8 Å². The molecule has 2 rings (SSSR count). The Morgan fingerprint density at radius 1 is 1.42 bits per heavy atom. The van der Waals surface area contributed by atoms with Crippen molar-refractivity contribution in [2.45, 2.75) is 25.7 Å². The molecule has 0 aliphatic carbocycles. The summed E-state index contributed by atoms with van der Waals surface area (Å²) >= 11 is 1.45. The maximum Gasteiger partial charge on any atom is 0.341 e. The topological polar surface area (TPSA) is 46.5 Å². The first-order chi connectivity index (χ1) is 8.83. The molecule has 5 heteroatoms. The molecule has 0 atom stereocenters. The SMILES string of the molecule is COC(=O)c1cc(C[Si](C)(C)C)c2ccsc2c1O. The van der Waals surface area contributed by atoms with E-state index in [1.54, 1.807) is 6.07 Å². The van der Waals surface area contributed by atoms with Crippen LogP contribution in [0.25, 0.3) is 10.1 Å². The van der Waals surface area contributed by atoms with Crippen molar-refractivity contribution in [1.29, 1.82) is 0 Å². The molecule has 1 aromatic heterocycles. The number of hydrogen-bond donors (Lipinski definition) is 1. The highest BCUT2D eigenvalue weighted by molar-refractivity contribution is 7.17. The highest BCUT2D eigenvalue weighted by atomic mass is 32.1. The van der Waals surface area contributed by atoms with E-state index in [9.17, 15) is 9.90 Å². The maximum absolute atomic E-state index is 11.8. The van der Waals surface area contributed by atoms with Crippen molar-refractivity contribution < 1.29 is 14.6 Å². The number of aromatic hydroxyl groups is 1. The molecule has 1 heterocycles. The van der Waals surface area contributed by atoms with E-state index in [-0.39, 0.29) is 11.3 Å². The smallest absolute Gasteiger partial charge is 0.341 e. The Balaban J connectivity index is 2.66. The largest absolute Gasteiger partial charge is 0.506 e. The number of ether oxygens (including phenoxy) is 1. The Morgan fingerprint density at radius 3 is 2.68 bits per heavy atom. The highest BCUT2D eigenvalue weighted by Gasteiger charge is 2.22. The Kier molecular flexibility index (Phi) is 3.69. The summed E-state index contributed by atoms with van der Waals surface area (Å²) < 4.78 is 5.52. The summed E-state index contributed by atoms with van der Waals surface area (Å²) in [5.41, 5.74) is 1.40. The van der Waals surface area contributed by atoms with Crippen molar-refractivity contribution in [1.82, 2.24) is 0 Å². The Bertz CT molecular complexity index is 625. The number of benzene rings is 1. The number of fused-ring (bicyclic) bond motifs is 1. The minimum atomic E-state index is -1.30. The lowest BCUT2D eigenvalue weighted by molar-refractivity contribution is 0.0597.